The molecule has 0 spiro atoms. The summed E-state index contributed by atoms with van der Waals surface area (Å²) in [6.45, 7) is 1.76. The van der Waals surface area contributed by atoms with Crippen molar-refractivity contribution in [1.29, 1.82) is 0 Å². The van der Waals surface area contributed by atoms with Crippen molar-refractivity contribution < 1.29 is 22.8 Å². The summed E-state index contributed by atoms with van der Waals surface area (Å²) in [4.78, 5) is 34.5. The molecular formula is C22H21F3N6O2. The fourth-order valence-corrected chi connectivity index (χ4v) is 2.84. The van der Waals surface area contributed by atoms with Crippen LogP contribution in [0.4, 0.5) is 41.0 Å². The molecule has 0 atom stereocenters. The van der Waals surface area contributed by atoms with Gasteiger partial charge in [0.05, 0.1) is 5.56 Å². The zero-order valence-electron chi connectivity index (χ0n) is 18.0. The summed E-state index contributed by atoms with van der Waals surface area (Å²) in [6, 6.07) is 10.0. The third-order valence-corrected chi connectivity index (χ3v) is 4.75. The first-order valence-electron chi connectivity index (χ1n) is 9.72. The topological polar surface area (TPSA) is 99.2 Å². The number of amides is 3. The van der Waals surface area contributed by atoms with E-state index in [4.69, 9.17) is 0 Å². The standard InChI is InChI=1S/C22H21F3N6O2/c1-13-7-8-16(29-20(32)14-5-4-6-15(9-14)22(23,24)25)10-17(13)30-21(33)31(3)19-11-18(26-2)27-12-28-19/h4-12H,1-3H3,(H,29,32)(H,30,33)(H,26,27,28). The summed E-state index contributed by atoms with van der Waals surface area (Å²) in [7, 11) is 3.22. The molecule has 0 radical (unpaired) electrons. The van der Waals surface area contributed by atoms with Gasteiger partial charge in [0, 0.05) is 37.1 Å². The number of carbonyl (C=O) groups is 2. The summed E-state index contributed by atoms with van der Waals surface area (Å²) in [5.41, 5.74) is 0.380. The highest BCUT2D eigenvalue weighted by atomic mass is 19.4. The maximum Gasteiger partial charge on any atom is 0.416 e. The number of hydrogen-bond donors (Lipinski definition) is 3. The second kappa shape index (κ2) is 9.55. The number of aromatic nitrogens is 2. The van der Waals surface area contributed by atoms with Gasteiger partial charge in [0.15, 0.2) is 0 Å². The first-order valence-corrected chi connectivity index (χ1v) is 9.72. The van der Waals surface area contributed by atoms with E-state index in [-0.39, 0.29) is 5.56 Å². The molecule has 1 heterocycles. The number of rotatable bonds is 5. The lowest BCUT2D eigenvalue weighted by Crippen LogP contribution is -2.32. The van der Waals surface area contributed by atoms with E-state index in [2.05, 4.69) is 25.9 Å². The summed E-state index contributed by atoms with van der Waals surface area (Å²) in [5.74, 6) is 0.188. The van der Waals surface area contributed by atoms with Crippen LogP contribution in [0.2, 0.25) is 0 Å². The zero-order chi connectivity index (χ0) is 24.2. The Balaban J connectivity index is 1.75. The minimum Gasteiger partial charge on any atom is -0.373 e. The molecule has 3 aromatic rings. The van der Waals surface area contributed by atoms with Gasteiger partial charge in [0.2, 0.25) is 0 Å². The van der Waals surface area contributed by atoms with Gasteiger partial charge in [-0.25, -0.2) is 14.8 Å². The molecule has 2 aromatic carbocycles. The van der Waals surface area contributed by atoms with Crippen molar-refractivity contribution in [2.45, 2.75) is 13.1 Å². The minimum atomic E-state index is -4.55. The summed E-state index contributed by atoms with van der Waals surface area (Å²) in [5, 5.41) is 8.15. The SMILES string of the molecule is CNc1cc(N(C)C(=O)Nc2cc(NC(=O)c3cccc(C(F)(F)F)c3)ccc2C)ncn1. The molecule has 0 fully saturated rings. The van der Waals surface area contributed by atoms with Crippen LogP contribution in [0.15, 0.2) is 54.9 Å². The predicted octanol–water partition coefficient (Wildman–Crippen LogP) is 4.77. The van der Waals surface area contributed by atoms with Crippen molar-refractivity contribution >= 4 is 34.9 Å². The van der Waals surface area contributed by atoms with Gasteiger partial charge in [0.25, 0.3) is 5.91 Å². The Kier molecular flexibility index (Phi) is 6.80. The van der Waals surface area contributed by atoms with E-state index in [1.54, 1.807) is 32.2 Å². The molecule has 0 saturated heterocycles. The third-order valence-electron chi connectivity index (χ3n) is 4.75. The Morgan fingerprint density at radius 3 is 2.45 bits per heavy atom. The molecule has 0 aliphatic rings. The van der Waals surface area contributed by atoms with Crippen molar-refractivity contribution in [2.24, 2.45) is 0 Å². The Morgan fingerprint density at radius 1 is 1.00 bits per heavy atom. The van der Waals surface area contributed by atoms with Crippen molar-refractivity contribution in [3.05, 3.63) is 71.5 Å². The van der Waals surface area contributed by atoms with Crippen molar-refractivity contribution in [3.8, 4) is 0 Å². The van der Waals surface area contributed by atoms with E-state index < -0.39 is 23.7 Å². The molecule has 0 bridgehead atoms. The Hall–Kier alpha value is -4.15. The molecule has 33 heavy (non-hydrogen) atoms. The maximum absolute atomic E-state index is 12.9. The van der Waals surface area contributed by atoms with E-state index >= 15 is 0 Å². The lowest BCUT2D eigenvalue weighted by molar-refractivity contribution is -0.137. The first-order chi connectivity index (χ1) is 15.6. The fourth-order valence-electron chi connectivity index (χ4n) is 2.84. The lowest BCUT2D eigenvalue weighted by atomic mass is 10.1. The van der Waals surface area contributed by atoms with Gasteiger partial charge in [-0.2, -0.15) is 13.2 Å². The number of alkyl halides is 3. The highest BCUT2D eigenvalue weighted by molar-refractivity contribution is 6.05. The van der Waals surface area contributed by atoms with Crippen LogP contribution >= 0.6 is 0 Å². The normalized spacial score (nSPS) is 11.0. The van der Waals surface area contributed by atoms with E-state index in [9.17, 15) is 22.8 Å². The minimum absolute atomic E-state index is 0.139. The van der Waals surface area contributed by atoms with E-state index in [0.717, 1.165) is 12.1 Å². The van der Waals surface area contributed by atoms with Crippen molar-refractivity contribution in [1.82, 2.24) is 9.97 Å². The number of nitrogens with one attached hydrogen (secondary N) is 3. The van der Waals surface area contributed by atoms with Crippen LogP contribution in [0.1, 0.15) is 21.5 Å². The van der Waals surface area contributed by atoms with Gasteiger partial charge in [0.1, 0.15) is 18.0 Å². The van der Waals surface area contributed by atoms with Gasteiger partial charge in [-0.1, -0.05) is 12.1 Å². The molecule has 1 aromatic heterocycles. The molecule has 3 rings (SSSR count). The maximum atomic E-state index is 12.9. The number of nitrogens with zero attached hydrogens (tertiary/aromatic N) is 3. The fraction of sp³-hybridized carbons (Fsp3) is 0.182. The molecule has 11 heteroatoms. The van der Waals surface area contributed by atoms with Gasteiger partial charge in [-0.3, -0.25) is 9.69 Å². The molecule has 0 saturated carbocycles. The summed E-state index contributed by atoms with van der Waals surface area (Å²) < 4.78 is 38.8. The molecule has 172 valence electrons. The summed E-state index contributed by atoms with van der Waals surface area (Å²) >= 11 is 0. The highest BCUT2D eigenvalue weighted by Gasteiger charge is 2.30. The largest absolute Gasteiger partial charge is 0.416 e. The second-order valence-corrected chi connectivity index (χ2v) is 7.06. The van der Waals surface area contributed by atoms with Crippen LogP contribution in [-0.4, -0.2) is 36.0 Å². The molecule has 0 aliphatic heterocycles. The Bertz CT molecular complexity index is 1180. The van der Waals surface area contributed by atoms with Gasteiger partial charge < -0.3 is 16.0 Å². The number of benzene rings is 2. The second-order valence-electron chi connectivity index (χ2n) is 7.06. The van der Waals surface area contributed by atoms with Crippen LogP contribution < -0.4 is 20.9 Å². The van der Waals surface area contributed by atoms with E-state index in [1.165, 1.54) is 36.5 Å². The monoisotopic (exact) mass is 458 g/mol. The van der Waals surface area contributed by atoms with Crippen molar-refractivity contribution in [2.75, 3.05) is 34.9 Å². The van der Waals surface area contributed by atoms with Crippen LogP contribution in [-0.2, 0) is 6.18 Å². The number of halogens is 3. The molecular weight excluding hydrogens is 437 g/mol. The molecule has 3 amide bonds. The molecule has 8 nitrogen and oxygen atoms in total. The quantitative estimate of drug-likeness (QED) is 0.512. The number of hydrogen-bond acceptors (Lipinski definition) is 5. The van der Waals surface area contributed by atoms with E-state index in [1.807, 2.05) is 0 Å². The Labute approximate surface area is 187 Å². The summed E-state index contributed by atoms with van der Waals surface area (Å²) in [6.07, 6.45) is -3.23. The zero-order valence-corrected chi connectivity index (χ0v) is 18.0. The third kappa shape index (κ3) is 5.76. The molecule has 0 aliphatic carbocycles. The molecule has 0 unspecified atom stereocenters. The van der Waals surface area contributed by atoms with Crippen LogP contribution in [0.3, 0.4) is 0 Å². The lowest BCUT2D eigenvalue weighted by Gasteiger charge is -2.19. The van der Waals surface area contributed by atoms with Gasteiger partial charge >= 0.3 is 12.2 Å². The first kappa shape index (κ1) is 23.5. The van der Waals surface area contributed by atoms with Crippen LogP contribution in [0.25, 0.3) is 0 Å². The molecule has 3 N–H and O–H groups in total. The number of anilines is 4. The van der Waals surface area contributed by atoms with Crippen LogP contribution in [0.5, 0.6) is 0 Å². The van der Waals surface area contributed by atoms with Crippen molar-refractivity contribution in [3.63, 3.8) is 0 Å². The predicted molar refractivity (Wildman–Crippen MR) is 120 cm³/mol. The smallest absolute Gasteiger partial charge is 0.373 e. The average molecular weight is 458 g/mol. The average Bonchev–Trinajstić information content (AvgIpc) is 2.80. The Morgan fingerprint density at radius 2 is 1.76 bits per heavy atom. The highest BCUT2D eigenvalue weighted by Crippen LogP contribution is 2.30. The number of urea groups is 1. The number of aryl methyl sites for hydroxylation is 1. The van der Waals surface area contributed by atoms with E-state index in [0.29, 0.717) is 28.6 Å². The van der Waals surface area contributed by atoms with Gasteiger partial charge in [-0.15, -0.1) is 0 Å². The van der Waals surface area contributed by atoms with Crippen LogP contribution in [0, 0.1) is 6.92 Å². The van der Waals surface area contributed by atoms with Gasteiger partial charge in [-0.05, 0) is 42.8 Å². The number of carbonyl (C=O) groups excluding carboxylic acids is 2.